The van der Waals surface area contributed by atoms with E-state index >= 15 is 0 Å². The summed E-state index contributed by atoms with van der Waals surface area (Å²) in [6.07, 6.45) is 0. The van der Waals surface area contributed by atoms with Crippen LogP contribution in [0.2, 0.25) is 0 Å². The number of hydrogen-bond acceptors (Lipinski definition) is 6. The molecule has 0 N–H and O–H groups in total. The van der Waals surface area contributed by atoms with E-state index in [0.717, 1.165) is 40.4 Å². The van der Waals surface area contributed by atoms with E-state index in [4.69, 9.17) is 0 Å². The monoisotopic (exact) mass is 466 g/mol. The summed E-state index contributed by atoms with van der Waals surface area (Å²) in [5, 5.41) is 0.165. The Kier molecular flexibility index (Phi) is 7.64. The number of thioether (sulfide) groups is 2. The van der Waals surface area contributed by atoms with Gasteiger partial charge >= 0.3 is 0 Å². The van der Waals surface area contributed by atoms with E-state index in [1.807, 2.05) is 50.2 Å². The Bertz CT molecular complexity index is 1120. The number of thiophene rings is 2. The molecule has 0 spiro atoms. The van der Waals surface area contributed by atoms with Gasteiger partial charge in [0, 0.05) is 25.0 Å². The first-order valence-corrected chi connectivity index (χ1v) is 12.3. The quantitative estimate of drug-likeness (QED) is 0.319. The van der Waals surface area contributed by atoms with Gasteiger partial charge in [-0.2, -0.15) is 0 Å². The van der Waals surface area contributed by atoms with Gasteiger partial charge in [0.1, 0.15) is 0 Å². The van der Waals surface area contributed by atoms with Gasteiger partial charge in [0.2, 0.25) is 0 Å². The van der Waals surface area contributed by atoms with Crippen LogP contribution < -0.4 is 0 Å². The van der Waals surface area contributed by atoms with E-state index in [9.17, 15) is 9.59 Å². The average molecular weight is 467 g/mol. The van der Waals surface area contributed by atoms with Crippen LogP contribution in [-0.2, 0) is 9.59 Å². The number of carbonyl (C=O) groups is 2. The van der Waals surface area contributed by atoms with Gasteiger partial charge in [-0.15, -0.1) is 22.7 Å². The predicted octanol–water partition coefficient (Wildman–Crippen LogP) is 6.50. The zero-order valence-corrected chi connectivity index (χ0v) is 20.2. The SMILES string of the molecule is CC(=O)Sc1cc(C)c(C#Cc2ccc(C#Cc3sc(SC(C)=O)cc3C)cc2)s1. The number of carbonyl (C=O) groups excluding carboxylic acids is 2. The fourth-order valence-corrected chi connectivity index (χ4v) is 6.53. The summed E-state index contributed by atoms with van der Waals surface area (Å²) in [5.41, 5.74) is 4.02. The van der Waals surface area contributed by atoms with Crippen molar-refractivity contribution in [2.45, 2.75) is 36.1 Å². The van der Waals surface area contributed by atoms with Crippen LogP contribution >= 0.6 is 46.2 Å². The van der Waals surface area contributed by atoms with E-state index in [-0.39, 0.29) is 10.2 Å². The highest BCUT2D eigenvalue weighted by atomic mass is 32.2. The van der Waals surface area contributed by atoms with Crippen molar-refractivity contribution >= 4 is 56.4 Å². The molecule has 2 aromatic heterocycles. The van der Waals surface area contributed by atoms with Gasteiger partial charge in [0.05, 0.1) is 18.2 Å². The van der Waals surface area contributed by atoms with E-state index < -0.39 is 0 Å². The topological polar surface area (TPSA) is 34.1 Å². The van der Waals surface area contributed by atoms with Crippen molar-refractivity contribution < 1.29 is 9.59 Å². The summed E-state index contributed by atoms with van der Waals surface area (Å²) in [6, 6.07) is 11.9. The minimum Gasteiger partial charge on any atom is -0.287 e. The van der Waals surface area contributed by atoms with E-state index in [1.54, 1.807) is 36.5 Å². The molecule has 3 aromatic rings. The van der Waals surface area contributed by atoms with E-state index in [0.29, 0.717) is 0 Å². The maximum Gasteiger partial charge on any atom is 0.191 e. The number of aryl methyl sites for hydroxylation is 2. The first kappa shape index (κ1) is 22.5. The lowest BCUT2D eigenvalue weighted by atomic mass is 10.1. The summed E-state index contributed by atoms with van der Waals surface area (Å²) in [7, 11) is 0. The Balaban J connectivity index is 1.72. The molecule has 0 aliphatic heterocycles. The second kappa shape index (κ2) is 10.2. The van der Waals surface area contributed by atoms with Gasteiger partial charge < -0.3 is 0 Å². The summed E-state index contributed by atoms with van der Waals surface area (Å²) in [6.45, 7) is 7.16. The minimum absolute atomic E-state index is 0.0824. The van der Waals surface area contributed by atoms with Gasteiger partial charge in [-0.1, -0.05) is 23.7 Å². The van der Waals surface area contributed by atoms with Crippen LogP contribution in [0.3, 0.4) is 0 Å². The van der Waals surface area contributed by atoms with Crippen LogP contribution in [0.25, 0.3) is 0 Å². The molecule has 2 heterocycles. The van der Waals surface area contributed by atoms with Crippen molar-refractivity contribution in [1.29, 1.82) is 0 Å². The molecule has 2 nitrogen and oxygen atoms in total. The molecule has 6 heteroatoms. The lowest BCUT2D eigenvalue weighted by molar-refractivity contribution is -0.109. The van der Waals surface area contributed by atoms with Gasteiger partial charge in [0.25, 0.3) is 0 Å². The fourth-order valence-electron chi connectivity index (χ4n) is 2.43. The Morgan fingerprint density at radius 2 is 1.07 bits per heavy atom. The Labute approximate surface area is 193 Å². The van der Waals surface area contributed by atoms with Gasteiger partial charge in [0.15, 0.2) is 10.2 Å². The van der Waals surface area contributed by atoms with Crippen molar-refractivity contribution in [1.82, 2.24) is 0 Å². The van der Waals surface area contributed by atoms with Crippen molar-refractivity contribution in [2.24, 2.45) is 0 Å². The Morgan fingerprint density at radius 3 is 1.40 bits per heavy atom. The molecule has 0 saturated heterocycles. The molecule has 30 heavy (non-hydrogen) atoms. The average Bonchev–Trinajstić information content (AvgIpc) is 3.19. The molecular weight excluding hydrogens is 449 g/mol. The van der Waals surface area contributed by atoms with Gasteiger partial charge in [-0.05, 0) is 84.9 Å². The highest BCUT2D eigenvalue weighted by molar-refractivity contribution is 8.15. The normalized spacial score (nSPS) is 10.0. The van der Waals surface area contributed by atoms with Crippen molar-refractivity contribution in [3.63, 3.8) is 0 Å². The molecule has 0 saturated carbocycles. The third-order valence-electron chi connectivity index (χ3n) is 3.80. The summed E-state index contributed by atoms with van der Waals surface area (Å²) in [4.78, 5) is 24.5. The molecule has 0 aliphatic carbocycles. The molecule has 0 fully saturated rings. The predicted molar refractivity (Wildman–Crippen MR) is 130 cm³/mol. The summed E-state index contributed by atoms with van der Waals surface area (Å²) in [5.74, 6) is 12.8. The molecule has 1 aromatic carbocycles. The number of hydrogen-bond donors (Lipinski definition) is 0. The van der Waals surface area contributed by atoms with Crippen LogP contribution in [0.15, 0.2) is 44.8 Å². The summed E-state index contributed by atoms with van der Waals surface area (Å²) < 4.78 is 1.95. The molecule has 0 aliphatic rings. The molecule has 0 amide bonds. The molecule has 0 radical (unpaired) electrons. The maximum atomic E-state index is 11.3. The number of benzene rings is 1. The van der Waals surface area contributed by atoms with Crippen molar-refractivity contribution in [3.8, 4) is 23.7 Å². The second-order valence-corrected chi connectivity index (χ2v) is 11.5. The first-order chi connectivity index (χ1) is 14.3. The summed E-state index contributed by atoms with van der Waals surface area (Å²) >= 11 is 5.59. The highest BCUT2D eigenvalue weighted by Gasteiger charge is 2.07. The number of rotatable bonds is 2. The third-order valence-corrected chi connectivity index (χ3v) is 7.91. The first-order valence-electron chi connectivity index (χ1n) is 9.02. The molecule has 150 valence electrons. The smallest absolute Gasteiger partial charge is 0.191 e. The Morgan fingerprint density at radius 1 is 0.700 bits per heavy atom. The zero-order valence-electron chi connectivity index (χ0n) is 16.9. The van der Waals surface area contributed by atoms with Crippen LogP contribution in [0, 0.1) is 37.5 Å². The van der Waals surface area contributed by atoms with Crippen LogP contribution in [-0.4, -0.2) is 10.2 Å². The van der Waals surface area contributed by atoms with E-state index in [2.05, 4.69) is 23.7 Å². The lowest BCUT2D eigenvalue weighted by Gasteiger charge is -1.92. The van der Waals surface area contributed by atoms with Gasteiger partial charge in [-0.25, -0.2) is 0 Å². The molecule has 0 bridgehead atoms. The van der Waals surface area contributed by atoms with Gasteiger partial charge in [-0.3, -0.25) is 9.59 Å². The lowest BCUT2D eigenvalue weighted by Crippen LogP contribution is -1.78. The van der Waals surface area contributed by atoms with Crippen molar-refractivity contribution in [3.05, 3.63) is 68.4 Å². The van der Waals surface area contributed by atoms with Crippen molar-refractivity contribution in [2.75, 3.05) is 0 Å². The molecule has 0 unspecified atom stereocenters. The second-order valence-electron chi connectivity index (χ2n) is 6.42. The van der Waals surface area contributed by atoms with Crippen LogP contribution in [0.1, 0.15) is 45.9 Å². The molecular formula is C24H18O2S4. The zero-order chi connectivity index (χ0) is 21.7. The largest absolute Gasteiger partial charge is 0.287 e. The maximum absolute atomic E-state index is 11.3. The third kappa shape index (κ3) is 6.39. The van der Waals surface area contributed by atoms with Crippen LogP contribution in [0.5, 0.6) is 0 Å². The van der Waals surface area contributed by atoms with Crippen LogP contribution in [0.4, 0.5) is 0 Å². The standard InChI is InChI=1S/C24H18O2S4/c1-15-13-23(27-17(3)25)29-21(15)11-9-19-5-7-20(8-6-19)10-12-22-16(2)14-24(30-22)28-18(4)26/h5-8,13-14H,1-4H3. The Hall–Kier alpha value is -2.22. The fraction of sp³-hybridized carbons (Fsp3) is 0.167. The molecule has 0 atom stereocenters. The van der Waals surface area contributed by atoms with E-state index in [1.165, 1.54) is 23.5 Å². The molecule has 3 rings (SSSR count). The highest BCUT2D eigenvalue weighted by Crippen LogP contribution is 2.31. The minimum atomic E-state index is 0.0824.